The number of nitrogens with one attached hydrogen (secondary N) is 2. The molecule has 2 heterocycles. The predicted octanol–water partition coefficient (Wildman–Crippen LogP) is 4.04. The van der Waals surface area contributed by atoms with Crippen molar-refractivity contribution in [2.75, 3.05) is 19.0 Å². The smallest absolute Gasteiger partial charge is 0.356 e. The predicted molar refractivity (Wildman–Crippen MR) is 134 cm³/mol. The lowest BCUT2D eigenvalue weighted by molar-refractivity contribution is 0.0594. The molecule has 0 radical (unpaired) electrons. The lowest BCUT2D eigenvalue weighted by atomic mass is 10.0. The SMILES string of the molecule is COC(=O)c1ccc(NC2Cc3cc4c(F)nc(C5CC5)cc4c(S(=O)(=O)NCC(C)(C)F)c3C2)cn1. The lowest BCUT2D eigenvalue weighted by Crippen LogP contribution is -2.36. The number of nitrogens with zero attached hydrogens (tertiary/aromatic N) is 2. The maximum absolute atomic E-state index is 15.2. The molecule has 0 amide bonds. The van der Waals surface area contributed by atoms with Gasteiger partial charge < -0.3 is 10.1 Å². The van der Waals surface area contributed by atoms with E-state index in [0.29, 0.717) is 35.3 Å². The molecule has 2 aliphatic carbocycles. The van der Waals surface area contributed by atoms with Gasteiger partial charge in [-0.05, 0) is 74.9 Å². The monoisotopic (exact) mass is 530 g/mol. The molecule has 1 atom stereocenters. The number of alkyl halides is 1. The molecule has 2 N–H and O–H groups in total. The number of sulfonamides is 1. The molecule has 3 aromatic rings. The van der Waals surface area contributed by atoms with Crippen LogP contribution >= 0.6 is 0 Å². The van der Waals surface area contributed by atoms with Crippen LogP contribution in [-0.4, -0.2) is 49.7 Å². The Morgan fingerprint density at radius 2 is 1.95 bits per heavy atom. The summed E-state index contributed by atoms with van der Waals surface area (Å²) in [7, 11) is -2.90. The Balaban J connectivity index is 1.54. The molecule has 0 aliphatic heterocycles. The van der Waals surface area contributed by atoms with Gasteiger partial charge in [0.25, 0.3) is 0 Å². The average Bonchev–Trinajstić information content (AvgIpc) is 3.62. The fourth-order valence-electron chi connectivity index (χ4n) is 4.70. The molecular formula is C26H28F2N4O4S. The van der Waals surface area contributed by atoms with Crippen molar-refractivity contribution in [2.24, 2.45) is 0 Å². The number of anilines is 1. The van der Waals surface area contributed by atoms with E-state index in [2.05, 4.69) is 24.7 Å². The summed E-state index contributed by atoms with van der Waals surface area (Å²) in [5, 5.41) is 3.71. The quantitative estimate of drug-likeness (QED) is 0.334. The van der Waals surface area contributed by atoms with E-state index >= 15 is 4.39 Å². The number of carbonyl (C=O) groups excluding carboxylic acids is 1. The summed E-state index contributed by atoms with van der Waals surface area (Å²) in [5.41, 5.74) is 0.834. The number of esters is 1. The molecule has 8 nitrogen and oxygen atoms in total. The third-order valence-corrected chi connectivity index (χ3v) is 8.18. The normalized spacial score (nSPS) is 17.6. The highest BCUT2D eigenvalue weighted by molar-refractivity contribution is 7.89. The summed E-state index contributed by atoms with van der Waals surface area (Å²) >= 11 is 0. The van der Waals surface area contributed by atoms with E-state index in [1.54, 1.807) is 18.2 Å². The fraction of sp³-hybridized carbons (Fsp3) is 0.423. The molecular weight excluding hydrogens is 502 g/mol. The average molecular weight is 531 g/mol. The summed E-state index contributed by atoms with van der Waals surface area (Å²) in [6.45, 7) is 2.16. The molecule has 37 heavy (non-hydrogen) atoms. The molecule has 0 saturated heterocycles. The Bertz CT molecular complexity index is 1480. The minimum atomic E-state index is -4.17. The van der Waals surface area contributed by atoms with E-state index in [9.17, 15) is 17.6 Å². The fourth-order valence-corrected chi connectivity index (χ4v) is 6.38. The van der Waals surface area contributed by atoms with Crippen LogP contribution in [0.5, 0.6) is 0 Å². The minimum Gasteiger partial charge on any atom is -0.464 e. The molecule has 1 saturated carbocycles. The Labute approximate surface area is 213 Å². The van der Waals surface area contributed by atoms with Crippen molar-refractivity contribution in [1.29, 1.82) is 0 Å². The first-order valence-corrected chi connectivity index (χ1v) is 13.6. The van der Waals surface area contributed by atoms with Gasteiger partial charge in [-0.2, -0.15) is 4.39 Å². The third kappa shape index (κ3) is 5.28. The summed E-state index contributed by atoms with van der Waals surface area (Å²) in [4.78, 5) is 19.8. The van der Waals surface area contributed by atoms with Crippen molar-refractivity contribution in [2.45, 2.75) is 62.1 Å². The zero-order chi connectivity index (χ0) is 26.5. The van der Waals surface area contributed by atoms with Crippen molar-refractivity contribution in [3.8, 4) is 0 Å². The Hall–Kier alpha value is -3.18. The standard InChI is InChI=1S/C26H28F2N4O4S/c1-26(2,28)13-30-37(34,35)23-18-10-17(31-16-6-7-21(29-12-16)25(33)36-3)8-15(18)9-20-19(23)11-22(14-4-5-14)32-24(20)27/h6-7,9,11-12,14,17,30-31H,4-5,8,10,13H2,1-3H3. The van der Waals surface area contributed by atoms with Crippen molar-refractivity contribution in [3.05, 3.63) is 58.9 Å². The molecule has 0 bridgehead atoms. The van der Waals surface area contributed by atoms with E-state index in [0.717, 1.165) is 12.8 Å². The molecule has 1 aromatic carbocycles. The number of carbonyl (C=O) groups is 1. The molecule has 1 unspecified atom stereocenters. The molecule has 11 heteroatoms. The highest BCUT2D eigenvalue weighted by Crippen LogP contribution is 2.43. The van der Waals surface area contributed by atoms with E-state index < -0.39 is 34.2 Å². The number of ether oxygens (including phenoxy) is 1. The Morgan fingerprint density at radius 3 is 2.57 bits per heavy atom. The van der Waals surface area contributed by atoms with Crippen LogP contribution in [0, 0.1) is 5.95 Å². The van der Waals surface area contributed by atoms with E-state index in [4.69, 9.17) is 0 Å². The number of aromatic nitrogens is 2. The number of hydrogen-bond donors (Lipinski definition) is 2. The van der Waals surface area contributed by atoms with Crippen LogP contribution in [0.15, 0.2) is 35.4 Å². The number of halogens is 2. The first kappa shape index (κ1) is 25.5. The van der Waals surface area contributed by atoms with Crippen LogP contribution in [0.3, 0.4) is 0 Å². The van der Waals surface area contributed by atoms with Crippen LogP contribution in [0.25, 0.3) is 10.8 Å². The number of fused-ring (bicyclic) bond motifs is 2. The second-order valence-electron chi connectivity index (χ2n) is 10.3. The van der Waals surface area contributed by atoms with E-state index in [-0.39, 0.29) is 33.3 Å². The van der Waals surface area contributed by atoms with E-state index in [1.165, 1.54) is 33.2 Å². The maximum Gasteiger partial charge on any atom is 0.356 e. The van der Waals surface area contributed by atoms with E-state index in [1.807, 2.05) is 0 Å². The number of hydrogen-bond acceptors (Lipinski definition) is 7. The van der Waals surface area contributed by atoms with Gasteiger partial charge in [-0.15, -0.1) is 0 Å². The third-order valence-electron chi connectivity index (χ3n) is 6.65. The van der Waals surface area contributed by atoms with Crippen LogP contribution < -0.4 is 10.0 Å². The Morgan fingerprint density at radius 1 is 1.19 bits per heavy atom. The number of pyridine rings is 2. The summed E-state index contributed by atoms with van der Waals surface area (Å²) in [6.07, 6.45) is 4.05. The zero-order valence-electron chi connectivity index (χ0n) is 20.8. The number of rotatable bonds is 8. The first-order chi connectivity index (χ1) is 17.4. The Kier molecular flexibility index (Phi) is 6.39. The van der Waals surface area contributed by atoms with Gasteiger partial charge >= 0.3 is 5.97 Å². The van der Waals surface area contributed by atoms with Crippen LogP contribution in [0.4, 0.5) is 14.5 Å². The van der Waals surface area contributed by atoms with Gasteiger partial charge in [-0.3, -0.25) is 0 Å². The molecule has 2 aliphatic rings. The molecule has 196 valence electrons. The molecule has 1 fully saturated rings. The van der Waals surface area contributed by atoms with Gasteiger partial charge in [-0.25, -0.2) is 32.3 Å². The number of benzene rings is 1. The number of methoxy groups -OCH3 is 1. The largest absolute Gasteiger partial charge is 0.464 e. The van der Waals surface area contributed by atoms with Gasteiger partial charge in [0.15, 0.2) is 0 Å². The highest BCUT2D eigenvalue weighted by Gasteiger charge is 2.34. The summed E-state index contributed by atoms with van der Waals surface area (Å²) in [5.74, 6) is -1.13. The minimum absolute atomic E-state index is 0.0177. The molecule has 0 spiro atoms. The van der Waals surface area contributed by atoms with Crippen LogP contribution in [0.2, 0.25) is 0 Å². The van der Waals surface area contributed by atoms with Gasteiger partial charge in [0.1, 0.15) is 11.4 Å². The molecule has 5 rings (SSSR count). The highest BCUT2D eigenvalue weighted by atomic mass is 32.2. The van der Waals surface area contributed by atoms with Gasteiger partial charge in [0.05, 0.1) is 23.9 Å². The zero-order valence-corrected chi connectivity index (χ0v) is 21.6. The second-order valence-corrected chi connectivity index (χ2v) is 12.0. The summed E-state index contributed by atoms with van der Waals surface area (Å²) < 4.78 is 63.6. The van der Waals surface area contributed by atoms with Gasteiger partial charge in [0, 0.05) is 35.0 Å². The van der Waals surface area contributed by atoms with Gasteiger partial charge in [0.2, 0.25) is 16.0 Å². The lowest BCUT2D eigenvalue weighted by Gasteiger charge is -2.19. The second kappa shape index (κ2) is 9.29. The van der Waals surface area contributed by atoms with Crippen molar-refractivity contribution >= 4 is 32.5 Å². The van der Waals surface area contributed by atoms with Crippen molar-refractivity contribution in [1.82, 2.24) is 14.7 Å². The first-order valence-electron chi connectivity index (χ1n) is 12.1. The topological polar surface area (TPSA) is 110 Å². The van der Waals surface area contributed by atoms with Crippen molar-refractivity contribution < 1.29 is 26.7 Å². The van der Waals surface area contributed by atoms with Crippen LogP contribution in [0.1, 0.15) is 59.9 Å². The van der Waals surface area contributed by atoms with Crippen molar-refractivity contribution in [3.63, 3.8) is 0 Å². The molecule has 2 aromatic heterocycles. The van der Waals surface area contributed by atoms with Gasteiger partial charge in [-0.1, -0.05) is 0 Å². The maximum atomic E-state index is 15.2. The van der Waals surface area contributed by atoms with Crippen LogP contribution in [-0.2, 0) is 27.6 Å². The summed E-state index contributed by atoms with van der Waals surface area (Å²) in [6, 6.07) is 6.35.